The Morgan fingerprint density at radius 3 is 2.57 bits per heavy atom. The Morgan fingerprint density at radius 1 is 1.38 bits per heavy atom. The molecule has 0 saturated carbocycles. The highest BCUT2D eigenvalue weighted by molar-refractivity contribution is 8.00. The predicted octanol–water partition coefficient (Wildman–Crippen LogP) is 0.571. The second kappa shape index (κ2) is 6.24. The number of carbonyl (C=O) groups excluding carboxylic acids is 1. The number of sulfonamides is 1. The summed E-state index contributed by atoms with van der Waals surface area (Å²) in [4.78, 5) is 15.9. The number of hydrogen-bond donors (Lipinski definition) is 3. The number of carbonyl (C=O) groups is 1. The number of aromatic nitrogens is 3. The minimum absolute atomic E-state index is 0.00965. The van der Waals surface area contributed by atoms with E-state index in [2.05, 4.69) is 20.5 Å². The summed E-state index contributed by atoms with van der Waals surface area (Å²) in [6, 6.07) is 5.62. The molecule has 0 unspecified atom stereocenters. The lowest BCUT2D eigenvalue weighted by Gasteiger charge is -2.10. The molecule has 1 aromatic heterocycles. The molecule has 2 rings (SSSR count). The van der Waals surface area contributed by atoms with Crippen LogP contribution in [-0.4, -0.2) is 34.8 Å². The first-order valence-corrected chi connectivity index (χ1v) is 8.24. The van der Waals surface area contributed by atoms with E-state index in [1.165, 1.54) is 42.4 Å². The summed E-state index contributed by atoms with van der Waals surface area (Å²) in [6.45, 7) is 1.72. The molecule has 0 aliphatic rings. The molecule has 21 heavy (non-hydrogen) atoms. The normalized spacial score (nSPS) is 12.9. The summed E-state index contributed by atoms with van der Waals surface area (Å²) in [5.74, 6) is -0.236. The molecule has 4 N–H and O–H groups in total. The van der Waals surface area contributed by atoms with Crippen molar-refractivity contribution in [3.05, 3.63) is 30.6 Å². The van der Waals surface area contributed by atoms with Crippen molar-refractivity contribution in [1.29, 1.82) is 0 Å². The smallest absolute Gasteiger partial charge is 0.238 e. The molecule has 0 saturated heterocycles. The average Bonchev–Trinajstić information content (AvgIpc) is 2.91. The predicted molar refractivity (Wildman–Crippen MR) is 78.1 cm³/mol. The number of nitrogens with one attached hydrogen (secondary N) is 2. The van der Waals surface area contributed by atoms with Gasteiger partial charge in [0.2, 0.25) is 15.9 Å². The largest absolute Gasteiger partial charge is 0.325 e. The Balaban J connectivity index is 1.99. The van der Waals surface area contributed by atoms with E-state index in [4.69, 9.17) is 5.14 Å². The van der Waals surface area contributed by atoms with Crippen LogP contribution in [0.15, 0.2) is 40.6 Å². The van der Waals surface area contributed by atoms with Gasteiger partial charge < -0.3 is 5.32 Å². The third-order valence-electron chi connectivity index (χ3n) is 2.50. The van der Waals surface area contributed by atoms with Crippen molar-refractivity contribution < 1.29 is 13.2 Å². The van der Waals surface area contributed by atoms with Crippen molar-refractivity contribution in [2.24, 2.45) is 5.14 Å². The van der Waals surface area contributed by atoms with E-state index < -0.39 is 15.3 Å². The van der Waals surface area contributed by atoms with E-state index in [9.17, 15) is 13.2 Å². The first kappa shape index (κ1) is 15.5. The number of thioether (sulfide) groups is 1. The number of primary sulfonamides is 1. The molecular weight excluding hydrogens is 314 g/mol. The number of hydrogen-bond acceptors (Lipinski definition) is 6. The van der Waals surface area contributed by atoms with E-state index in [1.54, 1.807) is 6.92 Å². The lowest BCUT2D eigenvalue weighted by atomic mass is 10.3. The summed E-state index contributed by atoms with van der Waals surface area (Å²) >= 11 is 1.23. The van der Waals surface area contributed by atoms with Crippen molar-refractivity contribution in [1.82, 2.24) is 15.2 Å². The molecule has 2 aromatic rings. The summed E-state index contributed by atoms with van der Waals surface area (Å²) < 4.78 is 22.2. The van der Waals surface area contributed by atoms with Crippen LogP contribution in [-0.2, 0) is 14.8 Å². The lowest BCUT2D eigenvalue weighted by Crippen LogP contribution is -2.22. The Labute approximate surface area is 125 Å². The topological polar surface area (TPSA) is 131 Å². The van der Waals surface area contributed by atoms with Crippen LogP contribution >= 0.6 is 11.8 Å². The van der Waals surface area contributed by atoms with E-state index in [1.807, 2.05) is 0 Å². The molecular formula is C11H13N5O3S2. The fourth-order valence-corrected chi connectivity index (χ4v) is 2.67. The van der Waals surface area contributed by atoms with Gasteiger partial charge in [-0.1, -0.05) is 11.8 Å². The van der Waals surface area contributed by atoms with Gasteiger partial charge in [-0.2, -0.15) is 5.10 Å². The number of rotatable bonds is 5. The van der Waals surface area contributed by atoms with E-state index in [0.717, 1.165) is 0 Å². The number of nitrogens with zero attached hydrogens (tertiary/aromatic N) is 2. The van der Waals surface area contributed by atoms with Gasteiger partial charge in [-0.05, 0) is 31.2 Å². The van der Waals surface area contributed by atoms with Gasteiger partial charge in [0.1, 0.15) is 6.33 Å². The van der Waals surface area contributed by atoms with Crippen LogP contribution in [0.4, 0.5) is 5.69 Å². The van der Waals surface area contributed by atoms with Crippen LogP contribution in [0.5, 0.6) is 0 Å². The minimum atomic E-state index is -3.73. The molecule has 0 spiro atoms. The highest BCUT2D eigenvalue weighted by Crippen LogP contribution is 2.20. The zero-order valence-corrected chi connectivity index (χ0v) is 12.6. The van der Waals surface area contributed by atoms with Gasteiger partial charge in [0.05, 0.1) is 10.1 Å². The Morgan fingerprint density at radius 2 is 2.05 bits per heavy atom. The maximum absolute atomic E-state index is 12.0. The molecule has 112 valence electrons. The maximum Gasteiger partial charge on any atom is 0.238 e. The lowest BCUT2D eigenvalue weighted by molar-refractivity contribution is -0.115. The summed E-state index contributed by atoms with van der Waals surface area (Å²) in [5, 5.41) is 14.2. The van der Waals surface area contributed by atoms with E-state index in [-0.39, 0.29) is 10.8 Å². The third kappa shape index (κ3) is 4.28. The molecule has 1 amide bonds. The molecule has 0 aliphatic carbocycles. The van der Waals surface area contributed by atoms with Crippen LogP contribution in [0.25, 0.3) is 0 Å². The molecule has 1 atom stereocenters. The van der Waals surface area contributed by atoms with Crippen molar-refractivity contribution in [3.63, 3.8) is 0 Å². The molecule has 1 heterocycles. The molecule has 1 aromatic carbocycles. The van der Waals surface area contributed by atoms with Crippen LogP contribution in [0.2, 0.25) is 0 Å². The van der Waals surface area contributed by atoms with Gasteiger partial charge in [0, 0.05) is 5.69 Å². The van der Waals surface area contributed by atoms with Crippen molar-refractivity contribution in [2.45, 2.75) is 22.2 Å². The first-order valence-electron chi connectivity index (χ1n) is 5.82. The van der Waals surface area contributed by atoms with Crippen LogP contribution in [0, 0.1) is 0 Å². The summed E-state index contributed by atoms with van der Waals surface area (Å²) in [5.41, 5.74) is 0.484. The van der Waals surface area contributed by atoms with Crippen LogP contribution in [0.1, 0.15) is 6.92 Å². The highest BCUT2D eigenvalue weighted by Gasteiger charge is 2.16. The Bertz CT molecular complexity index is 713. The average molecular weight is 327 g/mol. The van der Waals surface area contributed by atoms with Crippen LogP contribution in [0.3, 0.4) is 0 Å². The number of benzene rings is 1. The molecule has 0 fully saturated rings. The molecule has 0 aliphatic heterocycles. The summed E-state index contributed by atoms with van der Waals surface area (Å²) in [7, 11) is -3.73. The maximum atomic E-state index is 12.0. The molecule has 0 radical (unpaired) electrons. The van der Waals surface area contributed by atoms with Gasteiger partial charge in [-0.3, -0.25) is 9.89 Å². The SMILES string of the molecule is C[C@H](Sc1ncn[nH]1)C(=O)Nc1ccc(S(N)(=O)=O)cc1. The van der Waals surface area contributed by atoms with Crippen LogP contribution < -0.4 is 10.5 Å². The fourth-order valence-electron chi connectivity index (χ4n) is 1.44. The second-order valence-electron chi connectivity index (χ2n) is 4.11. The van der Waals surface area contributed by atoms with Gasteiger partial charge >= 0.3 is 0 Å². The Kier molecular flexibility index (Phi) is 4.60. The Hall–Kier alpha value is -1.91. The molecule has 8 nitrogen and oxygen atoms in total. The first-order chi connectivity index (χ1) is 9.86. The monoisotopic (exact) mass is 327 g/mol. The standard InChI is InChI=1S/C11H13N5O3S2/c1-7(20-11-13-6-14-16-11)10(17)15-8-2-4-9(5-3-8)21(12,18)19/h2-7H,1H3,(H,15,17)(H2,12,18,19)(H,13,14,16)/t7-/m0/s1. The summed E-state index contributed by atoms with van der Waals surface area (Å²) in [6.07, 6.45) is 1.36. The molecule has 0 bridgehead atoms. The third-order valence-corrected chi connectivity index (χ3v) is 4.42. The number of anilines is 1. The second-order valence-corrected chi connectivity index (χ2v) is 7.00. The van der Waals surface area contributed by atoms with Crippen molar-refractivity contribution in [2.75, 3.05) is 5.32 Å². The highest BCUT2D eigenvalue weighted by atomic mass is 32.2. The number of H-pyrrole nitrogens is 1. The number of nitrogens with two attached hydrogens (primary N) is 1. The number of amides is 1. The van der Waals surface area contributed by atoms with Crippen molar-refractivity contribution >= 4 is 33.4 Å². The zero-order valence-electron chi connectivity index (χ0n) is 11.0. The van der Waals surface area contributed by atoms with Gasteiger partial charge in [-0.25, -0.2) is 18.5 Å². The van der Waals surface area contributed by atoms with E-state index in [0.29, 0.717) is 10.8 Å². The number of aromatic amines is 1. The quantitative estimate of drug-likeness (QED) is 0.688. The fraction of sp³-hybridized carbons (Fsp3) is 0.182. The van der Waals surface area contributed by atoms with Gasteiger partial charge in [-0.15, -0.1) is 0 Å². The van der Waals surface area contributed by atoms with E-state index >= 15 is 0 Å². The van der Waals surface area contributed by atoms with Gasteiger partial charge in [0.25, 0.3) is 0 Å². The van der Waals surface area contributed by atoms with Crippen molar-refractivity contribution in [3.8, 4) is 0 Å². The zero-order chi connectivity index (χ0) is 15.5. The van der Waals surface area contributed by atoms with Gasteiger partial charge in [0.15, 0.2) is 5.16 Å². The minimum Gasteiger partial charge on any atom is -0.325 e. The molecule has 10 heteroatoms.